The van der Waals surface area contributed by atoms with Gasteiger partial charge in [-0.15, -0.1) is 0 Å². The first-order valence-electron chi connectivity index (χ1n) is 12.9. The van der Waals surface area contributed by atoms with Gasteiger partial charge < -0.3 is 14.7 Å². The van der Waals surface area contributed by atoms with Crippen LogP contribution < -0.4 is 4.74 Å². The van der Waals surface area contributed by atoms with E-state index >= 15 is 0 Å². The van der Waals surface area contributed by atoms with Crippen LogP contribution in [0.2, 0.25) is 0 Å². The summed E-state index contributed by atoms with van der Waals surface area (Å²) in [5.41, 5.74) is 5.89. The Bertz CT molecular complexity index is 1110. The predicted octanol–water partition coefficient (Wildman–Crippen LogP) is 7.23. The number of para-hydroxylation sites is 1. The Balaban J connectivity index is 1.52. The number of hydrogen-bond donors (Lipinski definition) is 1. The van der Waals surface area contributed by atoms with Crippen LogP contribution >= 0.6 is 0 Å². The van der Waals surface area contributed by atoms with E-state index in [2.05, 4.69) is 39.0 Å². The zero-order valence-corrected chi connectivity index (χ0v) is 21.2. The molecule has 3 aromatic carbocycles. The number of unbranched alkanes of at least 4 members (excludes halogenated alkanes) is 3. The van der Waals surface area contributed by atoms with Crippen molar-refractivity contribution in [2.45, 2.75) is 71.6 Å². The van der Waals surface area contributed by atoms with Crippen LogP contribution in [-0.4, -0.2) is 28.6 Å². The van der Waals surface area contributed by atoms with Gasteiger partial charge in [0.05, 0.1) is 6.61 Å². The number of aryl methyl sites for hydroxylation is 2. The van der Waals surface area contributed by atoms with E-state index in [1.807, 2.05) is 48.5 Å². The summed E-state index contributed by atoms with van der Waals surface area (Å²) in [6, 6.07) is 21.8. The zero-order chi connectivity index (χ0) is 24.8. The number of nitrogens with zero attached hydrogens (tertiary/aromatic N) is 1. The van der Waals surface area contributed by atoms with Gasteiger partial charge in [0.2, 0.25) is 0 Å². The number of carbonyl (C=O) groups excluding carboxylic acids is 1. The maximum absolute atomic E-state index is 13.6. The highest BCUT2D eigenvalue weighted by atomic mass is 16.5. The molecule has 0 saturated heterocycles. The Labute approximate surface area is 209 Å². The molecule has 0 heterocycles. The number of carbonyl (C=O) groups is 1. The minimum atomic E-state index is -1.04. The number of benzene rings is 3. The lowest BCUT2D eigenvalue weighted by Gasteiger charge is -2.29. The smallest absolute Gasteiger partial charge is 0.256 e. The summed E-state index contributed by atoms with van der Waals surface area (Å²) in [6.07, 6.45) is 5.26. The number of rotatable bonds is 11. The largest absolute Gasteiger partial charge is 0.493 e. The molecular formula is C31H37NO3. The Morgan fingerprint density at radius 3 is 2.29 bits per heavy atom. The maximum atomic E-state index is 13.6. The van der Waals surface area contributed by atoms with Gasteiger partial charge in [0.15, 0.2) is 6.23 Å². The van der Waals surface area contributed by atoms with Crippen molar-refractivity contribution in [1.29, 1.82) is 0 Å². The zero-order valence-electron chi connectivity index (χ0n) is 21.2. The number of ether oxygens (including phenoxy) is 1. The summed E-state index contributed by atoms with van der Waals surface area (Å²) >= 11 is 0. The average molecular weight is 472 g/mol. The summed E-state index contributed by atoms with van der Waals surface area (Å²) in [4.78, 5) is 15.2. The number of aliphatic hydroxyl groups is 1. The van der Waals surface area contributed by atoms with Crippen molar-refractivity contribution in [2.75, 3.05) is 6.61 Å². The molecule has 1 atom stereocenters. The molecule has 35 heavy (non-hydrogen) atoms. The summed E-state index contributed by atoms with van der Waals surface area (Å²) in [5, 5.41) is 11.4. The van der Waals surface area contributed by atoms with Crippen LogP contribution in [0.15, 0.2) is 66.7 Å². The quantitative estimate of drug-likeness (QED) is 0.237. The van der Waals surface area contributed by atoms with E-state index in [4.69, 9.17) is 4.74 Å². The van der Waals surface area contributed by atoms with Crippen molar-refractivity contribution < 1.29 is 14.6 Å². The molecule has 1 saturated carbocycles. The fourth-order valence-electron chi connectivity index (χ4n) is 4.61. The van der Waals surface area contributed by atoms with Crippen molar-refractivity contribution in [3.05, 3.63) is 89.0 Å². The molecule has 1 amide bonds. The van der Waals surface area contributed by atoms with Gasteiger partial charge in [-0.25, -0.2) is 0 Å². The van der Waals surface area contributed by atoms with Crippen molar-refractivity contribution in [3.8, 4) is 16.9 Å². The van der Waals surface area contributed by atoms with E-state index in [1.54, 1.807) is 4.90 Å². The Hall–Kier alpha value is -3.11. The van der Waals surface area contributed by atoms with Gasteiger partial charge in [-0.05, 0) is 62.4 Å². The topological polar surface area (TPSA) is 49.8 Å². The highest BCUT2D eigenvalue weighted by Crippen LogP contribution is 2.37. The molecule has 1 unspecified atom stereocenters. The molecule has 4 nitrogen and oxygen atoms in total. The fraction of sp³-hybridized carbons (Fsp3) is 0.387. The van der Waals surface area contributed by atoms with Gasteiger partial charge in [-0.3, -0.25) is 4.79 Å². The lowest BCUT2D eigenvalue weighted by atomic mass is 9.99. The lowest BCUT2D eigenvalue weighted by molar-refractivity contribution is 0.000930. The highest BCUT2D eigenvalue weighted by Gasteiger charge is 2.38. The first-order valence-corrected chi connectivity index (χ1v) is 12.9. The lowest BCUT2D eigenvalue weighted by Crippen LogP contribution is -2.37. The van der Waals surface area contributed by atoms with Gasteiger partial charge in [0.1, 0.15) is 5.75 Å². The minimum absolute atomic E-state index is 0.0502. The third kappa shape index (κ3) is 6.32. The van der Waals surface area contributed by atoms with Crippen LogP contribution in [0.3, 0.4) is 0 Å². The van der Waals surface area contributed by atoms with Crippen LogP contribution in [0, 0.1) is 13.8 Å². The SMILES string of the molecule is CCCCCCOc1ccccc1C(O)N(C(=O)c1ccc(-c2cc(C)cc(C)c2)cc1)C1CC1. The van der Waals surface area contributed by atoms with Crippen molar-refractivity contribution in [1.82, 2.24) is 4.90 Å². The molecule has 0 aliphatic heterocycles. The summed E-state index contributed by atoms with van der Waals surface area (Å²) in [5.74, 6) is 0.504. The molecule has 1 N–H and O–H groups in total. The van der Waals surface area contributed by atoms with E-state index in [1.165, 1.54) is 24.0 Å². The Morgan fingerprint density at radius 1 is 0.943 bits per heavy atom. The maximum Gasteiger partial charge on any atom is 0.256 e. The monoisotopic (exact) mass is 471 g/mol. The van der Waals surface area contributed by atoms with Crippen molar-refractivity contribution in [3.63, 3.8) is 0 Å². The normalized spacial score (nSPS) is 13.9. The second-order valence-electron chi connectivity index (χ2n) is 9.72. The molecular weight excluding hydrogens is 434 g/mol. The summed E-state index contributed by atoms with van der Waals surface area (Å²) in [6.45, 7) is 6.99. The number of aliphatic hydroxyl groups excluding tert-OH is 1. The number of hydrogen-bond acceptors (Lipinski definition) is 3. The molecule has 1 aliphatic rings. The van der Waals surface area contributed by atoms with Gasteiger partial charge in [-0.2, -0.15) is 0 Å². The number of amides is 1. The molecule has 0 radical (unpaired) electrons. The predicted molar refractivity (Wildman–Crippen MR) is 142 cm³/mol. The minimum Gasteiger partial charge on any atom is -0.493 e. The molecule has 4 heteroatoms. The van der Waals surface area contributed by atoms with Gasteiger partial charge in [-0.1, -0.05) is 85.8 Å². The van der Waals surface area contributed by atoms with Crippen molar-refractivity contribution in [2.24, 2.45) is 0 Å². The molecule has 1 fully saturated rings. The van der Waals surface area contributed by atoms with Crippen molar-refractivity contribution >= 4 is 5.91 Å². The molecule has 0 spiro atoms. The van der Waals surface area contributed by atoms with Gasteiger partial charge in [0, 0.05) is 17.2 Å². The Kier molecular flexibility index (Phi) is 8.25. The van der Waals surface area contributed by atoms with E-state index in [0.717, 1.165) is 36.8 Å². The van der Waals surface area contributed by atoms with E-state index in [-0.39, 0.29) is 11.9 Å². The Morgan fingerprint density at radius 2 is 1.63 bits per heavy atom. The van der Waals surface area contributed by atoms with Crippen LogP contribution in [0.5, 0.6) is 5.75 Å². The standard InChI is InChI=1S/C31H37NO3/c1-4-5-6-9-18-35-29-11-8-7-10-28(29)31(34)32(27-16-17-27)30(33)25-14-12-24(13-15-25)26-20-22(2)19-23(3)21-26/h7-8,10-15,19-21,27,31,34H,4-6,9,16-18H2,1-3H3. The third-order valence-electron chi connectivity index (χ3n) is 6.58. The van der Waals surface area contributed by atoms with Crippen LogP contribution in [0.4, 0.5) is 0 Å². The summed E-state index contributed by atoms with van der Waals surface area (Å²) in [7, 11) is 0. The van der Waals surface area contributed by atoms with Crippen LogP contribution in [0.25, 0.3) is 11.1 Å². The molecule has 4 rings (SSSR count). The van der Waals surface area contributed by atoms with E-state index in [0.29, 0.717) is 23.5 Å². The summed E-state index contributed by atoms with van der Waals surface area (Å²) < 4.78 is 6.03. The second kappa shape index (κ2) is 11.5. The average Bonchev–Trinajstić information content (AvgIpc) is 3.69. The van der Waals surface area contributed by atoms with Gasteiger partial charge in [0.25, 0.3) is 5.91 Å². The fourth-order valence-corrected chi connectivity index (χ4v) is 4.61. The highest BCUT2D eigenvalue weighted by molar-refractivity contribution is 5.95. The molecule has 184 valence electrons. The first-order chi connectivity index (χ1) is 17.0. The van der Waals surface area contributed by atoms with Crippen LogP contribution in [0.1, 0.15) is 78.7 Å². The second-order valence-corrected chi connectivity index (χ2v) is 9.72. The first kappa shape index (κ1) is 25.0. The molecule has 0 bridgehead atoms. The van der Waals surface area contributed by atoms with Crippen LogP contribution in [-0.2, 0) is 0 Å². The molecule has 0 aromatic heterocycles. The van der Waals surface area contributed by atoms with E-state index in [9.17, 15) is 9.90 Å². The van der Waals surface area contributed by atoms with E-state index < -0.39 is 6.23 Å². The third-order valence-corrected chi connectivity index (χ3v) is 6.58. The van der Waals surface area contributed by atoms with Gasteiger partial charge >= 0.3 is 0 Å². The molecule has 1 aliphatic carbocycles. The molecule has 3 aromatic rings.